The Hall–Kier alpha value is -0.600. The molecule has 0 saturated heterocycles. The topological polar surface area (TPSA) is 26.0 Å². The first kappa shape index (κ1) is 8.50. The molecule has 0 aliphatic heterocycles. The van der Waals surface area contributed by atoms with Crippen molar-refractivity contribution in [2.24, 2.45) is 5.73 Å². The molecule has 0 saturated carbocycles. The standard InChI is InChI=1S/C8H9ClFN/c1-5-2-6(4-11)3-7(9)8(5)10/h2-3H,4,11H2,1H3. The van der Waals surface area contributed by atoms with Crippen LogP contribution in [0.25, 0.3) is 0 Å². The molecule has 0 atom stereocenters. The summed E-state index contributed by atoms with van der Waals surface area (Å²) in [5, 5.41) is 0.144. The predicted molar refractivity (Wildman–Crippen MR) is 44.0 cm³/mol. The minimum absolute atomic E-state index is 0.144. The van der Waals surface area contributed by atoms with Crippen LogP contribution in [0.2, 0.25) is 5.02 Å². The van der Waals surface area contributed by atoms with Gasteiger partial charge in [0.05, 0.1) is 5.02 Å². The van der Waals surface area contributed by atoms with Crippen molar-refractivity contribution in [2.45, 2.75) is 13.5 Å². The maximum atomic E-state index is 12.9. The van der Waals surface area contributed by atoms with E-state index in [0.29, 0.717) is 12.1 Å². The van der Waals surface area contributed by atoms with E-state index in [9.17, 15) is 4.39 Å². The second-order valence-electron chi connectivity index (χ2n) is 2.41. The molecular formula is C8H9ClFN. The van der Waals surface area contributed by atoms with Gasteiger partial charge in [-0.25, -0.2) is 4.39 Å². The first-order valence-electron chi connectivity index (χ1n) is 3.29. The lowest BCUT2D eigenvalue weighted by Crippen LogP contribution is -1.97. The normalized spacial score (nSPS) is 10.2. The van der Waals surface area contributed by atoms with Gasteiger partial charge in [0.15, 0.2) is 0 Å². The van der Waals surface area contributed by atoms with E-state index < -0.39 is 0 Å². The molecular weight excluding hydrogens is 165 g/mol. The van der Waals surface area contributed by atoms with Gasteiger partial charge in [0.1, 0.15) is 5.82 Å². The summed E-state index contributed by atoms with van der Waals surface area (Å²) in [5.41, 5.74) is 6.75. The highest BCUT2D eigenvalue weighted by Gasteiger charge is 2.03. The van der Waals surface area contributed by atoms with E-state index >= 15 is 0 Å². The fraction of sp³-hybridized carbons (Fsp3) is 0.250. The quantitative estimate of drug-likeness (QED) is 0.693. The molecule has 0 aromatic heterocycles. The first-order chi connectivity index (χ1) is 5.15. The van der Waals surface area contributed by atoms with Crippen LogP contribution in [0.15, 0.2) is 12.1 Å². The summed E-state index contributed by atoms with van der Waals surface area (Å²) in [5.74, 6) is -0.358. The molecule has 0 fully saturated rings. The third-order valence-electron chi connectivity index (χ3n) is 1.51. The molecule has 0 radical (unpaired) electrons. The van der Waals surface area contributed by atoms with Crippen molar-refractivity contribution < 1.29 is 4.39 Å². The lowest BCUT2D eigenvalue weighted by atomic mass is 10.1. The molecule has 0 unspecified atom stereocenters. The molecule has 3 heteroatoms. The molecule has 2 N–H and O–H groups in total. The molecule has 0 heterocycles. The summed E-state index contributed by atoms with van der Waals surface area (Å²) in [6.07, 6.45) is 0. The summed E-state index contributed by atoms with van der Waals surface area (Å²) in [4.78, 5) is 0. The van der Waals surface area contributed by atoms with Gasteiger partial charge in [-0.15, -0.1) is 0 Å². The molecule has 0 aliphatic carbocycles. The van der Waals surface area contributed by atoms with Gasteiger partial charge in [-0.3, -0.25) is 0 Å². The molecule has 0 bridgehead atoms. The van der Waals surface area contributed by atoms with Crippen molar-refractivity contribution in [1.82, 2.24) is 0 Å². The minimum Gasteiger partial charge on any atom is -0.326 e. The smallest absolute Gasteiger partial charge is 0.144 e. The number of aryl methyl sites for hydroxylation is 1. The lowest BCUT2D eigenvalue weighted by Gasteiger charge is -2.02. The van der Waals surface area contributed by atoms with Gasteiger partial charge in [0.25, 0.3) is 0 Å². The van der Waals surface area contributed by atoms with Crippen molar-refractivity contribution in [3.05, 3.63) is 34.1 Å². The van der Waals surface area contributed by atoms with Crippen molar-refractivity contribution in [1.29, 1.82) is 0 Å². The maximum absolute atomic E-state index is 12.9. The van der Waals surface area contributed by atoms with Gasteiger partial charge < -0.3 is 5.73 Å². The number of halogens is 2. The van der Waals surface area contributed by atoms with Crippen molar-refractivity contribution >= 4 is 11.6 Å². The predicted octanol–water partition coefficient (Wildman–Crippen LogP) is 2.25. The van der Waals surface area contributed by atoms with Gasteiger partial charge in [-0.05, 0) is 24.1 Å². The average Bonchev–Trinajstić information content (AvgIpc) is 1.99. The Kier molecular flexibility index (Phi) is 2.47. The minimum atomic E-state index is -0.358. The Labute approximate surface area is 70.0 Å². The van der Waals surface area contributed by atoms with E-state index in [2.05, 4.69) is 0 Å². The van der Waals surface area contributed by atoms with Crippen molar-refractivity contribution in [2.75, 3.05) is 0 Å². The molecule has 1 aromatic rings. The van der Waals surface area contributed by atoms with E-state index in [-0.39, 0.29) is 10.8 Å². The largest absolute Gasteiger partial charge is 0.326 e. The molecule has 1 rings (SSSR count). The molecule has 1 aromatic carbocycles. The summed E-state index contributed by atoms with van der Waals surface area (Å²) in [6.45, 7) is 2.06. The lowest BCUT2D eigenvalue weighted by molar-refractivity contribution is 0.618. The molecule has 1 nitrogen and oxygen atoms in total. The van der Waals surface area contributed by atoms with Crippen LogP contribution in [-0.4, -0.2) is 0 Å². The Morgan fingerprint density at radius 2 is 2.18 bits per heavy atom. The zero-order valence-corrected chi connectivity index (χ0v) is 6.95. The fourth-order valence-corrected chi connectivity index (χ4v) is 1.20. The van der Waals surface area contributed by atoms with E-state index in [1.54, 1.807) is 19.1 Å². The van der Waals surface area contributed by atoms with Gasteiger partial charge >= 0.3 is 0 Å². The summed E-state index contributed by atoms with van der Waals surface area (Å²) in [7, 11) is 0. The van der Waals surface area contributed by atoms with Gasteiger partial charge in [0, 0.05) is 6.54 Å². The van der Waals surface area contributed by atoms with Gasteiger partial charge in [0.2, 0.25) is 0 Å². The highest BCUT2D eigenvalue weighted by Crippen LogP contribution is 2.19. The first-order valence-corrected chi connectivity index (χ1v) is 3.67. The number of benzene rings is 1. The van der Waals surface area contributed by atoms with Crippen LogP contribution in [0.5, 0.6) is 0 Å². The molecule has 0 amide bonds. The third-order valence-corrected chi connectivity index (χ3v) is 1.78. The molecule has 0 aliphatic rings. The Morgan fingerprint density at radius 1 is 1.55 bits per heavy atom. The van der Waals surface area contributed by atoms with Crippen LogP contribution >= 0.6 is 11.6 Å². The Balaban J connectivity index is 3.21. The van der Waals surface area contributed by atoms with Crippen LogP contribution in [0.1, 0.15) is 11.1 Å². The summed E-state index contributed by atoms with van der Waals surface area (Å²) in [6, 6.07) is 3.24. The van der Waals surface area contributed by atoms with Gasteiger partial charge in [-0.2, -0.15) is 0 Å². The summed E-state index contributed by atoms with van der Waals surface area (Å²) >= 11 is 5.57. The SMILES string of the molecule is Cc1cc(CN)cc(Cl)c1F. The average molecular weight is 174 g/mol. The highest BCUT2D eigenvalue weighted by atomic mass is 35.5. The van der Waals surface area contributed by atoms with E-state index in [0.717, 1.165) is 5.56 Å². The number of hydrogen-bond acceptors (Lipinski definition) is 1. The number of nitrogens with two attached hydrogens (primary N) is 1. The Bertz CT molecular complexity index is 250. The zero-order chi connectivity index (χ0) is 8.43. The third kappa shape index (κ3) is 1.70. The second-order valence-corrected chi connectivity index (χ2v) is 2.82. The van der Waals surface area contributed by atoms with E-state index in [4.69, 9.17) is 17.3 Å². The van der Waals surface area contributed by atoms with Crippen LogP contribution in [0, 0.1) is 12.7 Å². The zero-order valence-electron chi connectivity index (χ0n) is 6.20. The van der Waals surface area contributed by atoms with Gasteiger partial charge in [-0.1, -0.05) is 17.7 Å². The van der Waals surface area contributed by atoms with Crippen LogP contribution in [-0.2, 0) is 6.54 Å². The summed E-state index contributed by atoms with van der Waals surface area (Å²) < 4.78 is 12.9. The van der Waals surface area contributed by atoms with Crippen molar-refractivity contribution in [3.63, 3.8) is 0 Å². The monoisotopic (exact) mass is 173 g/mol. The molecule has 60 valence electrons. The highest BCUT2D eigenvalue weighted by molar-refractivity contribution is 6.30. The Morgan fingerprint density at radius 3 is 2.64 bits per heavy atom. The second kappa shape index (κ2) is 3.20. The number of hydrogen-bond donors (Lipinski definition) is 1. The van der Waals surface area contributed by atoms with Crippen LogP contribution < -0.4 is 5.73 Å². The van der Waals surface area contributed by atoms with Crippen LogP contribution in [0.4, 0.5) is 4.39 Å². The van der Waals surface area contributed by atoms with Crippen molar-refractivity contribution in [3.8, 4) is 0 Å². The number of rotatable bonds is 1. The van der Waals surface area contributed by atoms with E-state index in [1.165, 1.54) is 0 Å². The maximum Gasteiger partial charge on any atom is 0.144 e. The van der Waals surface area contributed by atoms with Crippen LogP contribution in [0.3, 0.4) is 0 Å². The molecule has 11 heavy (non-hydrogen) atoms. The molecule has 0 spiro atoms. The van der Waals surface area contributed by atoms with E-state index in [1.807, 2.05) is 0 Å². The fourth-order valence-electron chi connectivity index (χ4n) is 0.915.